The third kappa shape index (κ3) is 4.56. The lowest BCUT2D eigenvalue weighted by Gasteiger charge is -2.25. The molecule has 8 nitrogen and oxygen atoms in total. The average Bonchev–Trinajstić information content (AvgIpc) is 2.81. The number of carbonyl (C=O) groups excluding carboxylic acids is 1. The van der Waals surface area contributed by atoms with E-state index in [1.165, 1.54) is 0 Å². The molecule has 2 N–H and O–H groups in total. The molecule has 108 valence electrons. The smallest absolute Gasteiger partial charge is 0.234 e. The quantitative estimate of drug-likeness (QED) is 0.643. The van der Waals surface area contributed by atoms with Gasteiger partial charge in [0.05, 0.1) is 19.2 Å². The zero-order chi connectivity index (χ0) is 14.3. The van der Waals surface area contributed by atoms with Gasteiger partial charge in [-0.2, -0.15) is 0 Å². The molecule has 0 saturated heterocycles. The summed E-state index contributed by atoms with van der Waals surface area (Å²) in [5, 5.41) is 11.6. The van der Waals surface area contributed by atoms with Crippen molar-refractivity contribution in [2.45, 2.75) is 39.4 Å². The van der Waals surface area contributed by atoms with Crippen LogP contribution in [-0.4, -0.2) is 57.3 Å². The van der Waals surface area contributed by atoms with Crippen molar-refractivity contribution in [1.82, 2.24) is 25.1 Å². The van der Waals surface area contributed by atoms with Crippen LogP contribution >= 0.6 is 0 Å². The van der Waals surface area contributed by atoms with Crippen LogP contribution in [0.25, 0.3) is 0 Å². The molecular formula is C11H22N6O2. The topological polar surface area (TPSA) is 99.2 Å². The zero-order valence-corrected chi connectivity index (χ0v) is 11.7. The predicted octanol–water partition coefficient (Wildman–Crippen LogP) is -0.595. The zero-order valence-electron chi connectivity index (χ0n) is 11.7. The van der Waals surface area contributed by atoms with Crippen LogP contribution in [0.4, 0.5) is 0 Å². The van der Waals surface area contributed by atoms with Gasteiger partial charge in [0.25, 0.3) is 0 Å². The molecule has 0 bridgehead atoms. The molecule has 0 aliphatic carbocycles. The summed E-state index contributed by atoms with van der Waals surface area (Å²) in [6.07, 6.45) is 0.946. The van der Waals surface area contributed by atoms with Crippen LogP contribution in [0.3, 0.4) is 0 Å². The van der Waals surface area contributed by atoms with Gasteiger partial charge in [-0.15, -0.1) is 5.10 Å². The van der Waals surface area contributed by atoms with Crippen LogP contribution in [0, 0.1) is 0 Å². The summed E-state index contributed by atoms with van der Waals surface area (Å²) in [7, 11) is 1.62. The summed E-state index contributed by atoms with van der Waals surface area (Å²) >= 11 is 0. The lowest BCUT2D eigenvalue weighted by Crippen LogP contribution is -2.44. The van der Waals surface area contributed by atoms with Crippen molar-refractivity contribution in [2.75, 3.05) is 20.3 Å². The number of amides is 1. The van der Waals surface area contributed by atoms with E-state index in [-0.39, 0.29) is 11.9 Å². The lowest BCUT2D eigenvalue weighted by molar-refractivity contribution is -0.123. The minimum atomic E-state index is -0.387. The fourth-order valence-corrected chi connectivity index (χ4v) is 1.70. The standard InChI is InChI=1S/C11H22N6O2/c1-4-5-17-10(13-14-15-17)8-16(6-7-19-3)9(2)11(12)18/h9H,4-8H2,1-3H3,(H2,12,18)/t9-/m0/s1. The number of primary amides is 1. The van der Waals surface area contributed by atoms with E-state index in [2.05, 4.69) is 22.4 Å². The van der Waals surface area contributed by atoms with Gasteiger partial charge >= 0.3 is 0 Å². The van der Waals surface area contributed by atoms with E-state index < -0.39 is 0 Å². The molecule has 0 saturated carbocycles. The van der Waals surface area contributed by atoms with E-state index in [4.69, 9.17) is 10.5 Å². The van der Waals surface area contributed by atoms with Crippen LogP contribution in [0.15, 0.2) is 0 Å². The first-order valence-electron chi connectivity index (χ1n) is 6.37. The van der Waals surface area contributed by atoms with E-state index in [1.807, 2.05) is 4.90 Å². The molecule has 0 spiro atoms. The molecule has 0 aliphatic heterocycles. The number of ether oxygens (including phenoxy) is 1. The number of tetrazole rings is 1. The van der Waals surface area contributed by atoms with Gasteiger partial charge in [0.2, 0.25) is 5.91 Å². The Bertz CT molecular complexity index is 394. The van der Waals surface area contributed by atoms with Crippen molar-refractivity contribution < 1.29 is 9.53 Å². The van der Waals surface area contributed by atoms with Crippen molar-refractivity contribution in [1.29, 1.82) is 0 Å². The molecule has 1 aromatic heterocycles. The largest absolute Gasteiger partial charge is 0.383 e. The predicted molar refractivity (Wildman–Crippen MR) is 69.1 cm³/mol. The van der Waals surface area contributed by atoms with Gasteiger partial charge in [-0.25, -0.2) is 4.68 Å². The van der Waals surface area contributed by atoms with Crippen LogP contribution in [-0.2, 0) is 22.6 Å². The van der Waals surface area contributed by atoms with Crippen molar-refractivity contribution in [2.24, 2.45) is 5.73 Å². The number of rotatable bonds is 9. The van der Waals surface area contributed by atoms with Gasteiger partial charge in [-0.1, -0.05) is 6.92 Å². The molecule has 0 aromatic carbocycles. The maximum Gasteiger partial charge on any atom is 0.234 e. The summed E-state index contributed by atoms with van der Waals surface area (Å²) in [6, 6.07) is -0.387. The number of hydrogen-bond acceptors (Lipinski definition) is 6. The molecule has 1 atom stereocenters. The van der Waals surface area contributed by atoms with E-state index in [9.17, 15) is 4.79 Å². The molecule has 1 aromatic rings. The summed E-state index contributed by atoms with van der Waals surface area (Å²) in [5.41, 5.74) is 5.35. The normalized spacial score (nSPS) is 12.8. The minimum Gasteiger partial charge on any atom is -0.383 e. The Labute approximate surface area is 112 Å². The average molecular weight is 270 g/mol. The fraction of sp³-hybridized carbons (Fsp3) is 0.818. The van der Waals surface area contributed by atoms with Gasteiger partial charge in [-0.05, 0) is 23.8 Å². The molecule has 19 heavy (non-hydrogen) atoms. The minimum absolute atomic E-state index is 0.370. The Morgan fingerprint density at radius 3 is 2.89 bits per heavy atom. The maximum atomic E-state index is 11.3. The molecule has 0 fully saturated rings. The highest BCUT2D eigenvalue weighted by molar-refractivity contribution is 5.79. The molecule has 0 unspecified atom stereocenters. The van der Waals surface area contributed by atoms with E-state index in [0.29, 0.717) is 19.7 Å². The molecular weight excluding hydrogens is 248 g/mol. The summed E-state index contributed by atoms with van der Waals surface area (Å²) < 4.78 is 6.79. The summed E-state index contributed by atoms with van der Waals surface area (Å²) in [4.78, 5) is 13.2. The second-order valence-electron chi connectivity index (χ2n) is 4.36. The number of methoxy groups -OCH3 is 1. The van der Waals surface area contributed by atoms with Crippen LogP contribution in [0.5, 0.6) is 0 Å². The summed E-state index contributed by atoms with van der Waals surface area (Å²) in [5.74, 6) is 0.358. The van der Waals surface area contributed by atoms with E-state index >= 15 is 0 Å². The second-order valence-corrected chi connectivity index (χ2v) is 4.36. The van der Waals surface area contributed by atoms with Gasteiger partial charge < -0.3 is 10.5 Å². The first kappa shape index (κ1) is 15.5. The summed E-state index contributed by atoms with van der Waals surface area (Å²) in [6.45, 7) is 6.17. The molecule has 0 aliphatic rings. The van der Waals surface area contributed by atoms with Gasteiger partial charge in [0.15, 0.2) is 5.82 Å². The van der Waals surface area contributed by atoms with Gasteiger partial charge in [0.1, 0.15) is 0 Å². The number of carbonyl (C=O) groups is 1. The third-order valence-corrected chi connectivity index (χ3v) is 2.93. The Balaban J connectivity index is 2.75. The van der Waals surface area contributed by atoms with Crippen LogP contribution < -0.4 is 5.73 Å². The van der Waals surface area contributed by atoms with E-state index in [1.54, 1.807) is 18.7 Å². The number of hydrogen-bond donors (Lipinski definition) is 1. The van der Waals surface area contributed by atoms with Crippen LogP contribution in [0.1, 0.15) is 26.1 Å². The molecule has 1 amide bonds. The Morgan fingerprint density at radius 1 is 1.58 bits per heavy atom. The number of aryl methyl sites for hydroxylation is 1. The Kier molecular flexibility index (Phi) is 6.37. The van der Waals surface area contributed by atoms with Crippen LogP contribution in [0.2, 0.25) is 0 Å². The SMILES string of the molecule is CCCn1nnnc1CN(CCOC)[C@@H](C)C(N)=O. The van der Waals surface area contributed by atoms with Gasteiger partial charge in [0, 0.05) is 20.2 Å². The molecule has 8 heteroatoms. The van der Waals surface area contributed by atoms with Crippen molar-refractivity contribution in [3.63, 3.8) is 0 Å². The molecule has 0 radical (unpaired) electrons. The number of aromatic nitrogens is 4. The number of nitrogens with zero attached hydrogens (tertiary/aromatic N) is 5. The fourth-order valence-electron chi connectivity index (χ4n) is 1.70. The first-order chi connectivity index (χ1) is 9.10. The Hall–Kier alpha value is -1.54. The van der Waals surface area contributed by atoms with E-state index in [0.717, 1.165) is 18.8 Å². The van der Waals surface area contributed by atoms with Crippen molar-refractivity contribution in [3.8, 4) is 0 Å². The monoisotopic (exact) mass is 270 g/mol. The van der Waals surface area contributed by atoms with Crippen molar-refractivity contribution >= 4 is 5.91 Å². The lowest BCUT2D eigenvalue weighted by atomic mass is 10.2. The highest BCUT2D eigenvalue weighted by Gasteiger charge is 2.21. The first-order valence-corrected chi connectivity index (χ1v) is 6.37. The second kappa shape index (κ2) is 7.80. The van der Waals surface area contributed by atoms with Crippen molar-refractivity contribution in [3.05, 3.63) is 5.82 Å². The highest BCUT2D eigenvalue weighted by atomic mass is 16.5. The Morgan fingerprint density at radius 2 is 2.32 bits per heavy atom. The highest BCUT2D eigenvalue weighted by Crippen LogP contribution is 2.06. The third-order valence-electron chi connectivity index (χ3n) is 2.93. The van der Waals surface area contributed by atoms with Gasteiger partial charge in [-0.3, -0.25) is 9.69 Å². The molecule has 1 heterocycles. The number of nitrogens with two attached hydrogens (primary N) is 1. The maximum absolute atomic E-state index is 11.3. The molecule has 1 rings (SSSR count).